The van der Waals surface area contributed by atoms with Crippen molar-refractivity contribution in [3.05, 3.63) is 35.4 Å². The zero-order valence-electron chi connectivity index (χ0n) is 11.8. The molecule has 19 heavy (non-hydrogen) atoms. The number of hydrogen-bond donors (Lipinski definition) is 1. The molecule has 0 unspecified atom stereocenters. The summed E-state index contributed by atoms with van der Waals surface area (Å²) < 4.78 is 27.2. The summed E-state index contributed by atoms with van der Waals surface area (Å²) in [5.41, 5.74) is 7.51. The largest absolute Gasteiger partial charge is 0.330 e. The standard InChI is InChI=1S/C13H23N3O2S/c1-12-6-4-7-13(10-12)11-16(3)19(17,18)15(2)9-5-8-14/h4,6-7,10H,5,8-9,11,14H2,1-3H3. The fourth-order valence-corrected chi connectivity index (χ4v) is 2.96. The SMILES string of the molecule is Cc1cccc(CN(C)S(=O)(=O)N(C)CCCN)c1. The van der Waals surface area contributed by atoms with Gasteiger partial charge in [0.15, 0.2) is 0 Å². The van der Waals surface area contributed by atoms with E-state index < -0.39 is 10.2 Å². The highest BCUT2D eigenvalue weighted by Gasteiger charge is 2.23. The first-order chi connectivity index (χ1) is 8.87. The number of hydrogen-bond acceptors (Lipinski definition) is 3. The lowest BCUT2D eigenvalue weighted by molar-refractivity contribution is 0.387. The van der Waals surface area contributed by atoms with Crippen LogP contribution in [0.3, 0.4) is 0 Å². The molecular weight excluding hydrogens is 262 g/mol. The molecule has 0 aliphatic carbocycles. The van der Waals surface area contributed by atoms with Gasteiger partial charge in [-0.15, -0.1) is 0 Å². The van der Waals surface area contributed by atoms with E-state index in [2.05, 4.69) is 0 Å². The molecule has 0 spiro atoms. The van der Waals surface area contributed by atoms with E-state index in [1.165, 1.54) is 8.61 Å². The van der Waals surface area contributed by atoms with Crippen LogP contribution in [0, 0.1) is 6.92 Å². The van der Waals surface area contributed by atoms with Gasteiger partial charge in [-0.25, -0.2) is 0 Å². The Bertz CT molecular complexity index is 502. The van der Waals surface area contributed by atoms with Crippen molar-refractivity contribution in [3.8, 4) is 0 Å². The van der Waals surface area contributed by atoms with Gasteiger partial charge in [0.05, 0.1) is 0 Å². The monoisotopic (exact) mass is 285 g/mol. The number of benzene rings is 1. The van der Waals surface area contributed by atoms with Crippen molar-refractivity contribution in [3.63, 3.8) is 0 Å². The summed E-state index contributed by atoms with van der Waals surface area (Å²) in [6.45, 7) is 3.29. The Morgan fingerprint density at radius 1 is 1.21 bits per heavy atom. The minimum Gasteiger partial charge on any atom is -0.330 e. The van der Waals surface area contributed by atoms with Crippen molar-refractivity contribution in [2.45, 2.75) is 19.9 Å². The first-order valence-electron chi connectivity index (χ1n) is 6.31. The summed E-state index contributed by atoms with van der Waals surface area (Å²) in [7, 11) is -0.236. The smallest absolute Gasteiger partial charge is 0.281 e. The predicted molar refractivity (Wildman–Crippen MR) is 77.9 cm³/mol. The zero-order chi connectivity index (χ0) is 14.5. The molecule has 0 amide bonds. The summed E-state index contributed by atoms with van der Waals surface area (Å²) in [5.74, 6) is 0. The summed E-state index contributed by atoms with van der Waals surface area (Å²) in [5, 5.41) is 0. The topological polar surface area (TPSA) is 66.6 Å². The van der Waals surface area contributed by atoms with Crippen LogP contribution in [-0.4, -0.2) is 44.2 Å². The van der Waals surface area contributed by atoms with Gasteiger partial charge in [0, 0.05) is 27.2 Å². The highest BCUT2D eigenvalue weighted by Crippen LogP contribution is 2.11. The second-order valence-corrected chi connectivity index (χ2v) is 6.86. The Labute approximate surface area is 116 Å². The van der Waals surface area contributed by atoms with E-state index >= 15 is 0 Å². The van der Waals surface area contributed by atoms with Gasteiger partial charge < -0.3 is 5.73 Å². The van der Waals surface area contributed by atoms with Crippen molar-refractivity contribution in [1.82, 2.24) is 8.61 Å². The fraction of sp³-hybridized carbons (Fsp3) is 0.538. The van der Waals surface area contributed by atoms with E-state index in [-0.39, 0.29) is 0 Å². The fourth-order valence-electron chi connectivity index (χ4n) is 1.82. The number of nitrogens with zero attached hydrogens (tertiary/aromatic N) is 2. The molecule has 108 valence electrons. The lowest BCUT2D eigenvalue weighted by Gasteiger charge is -2.24. The maximum absolute atomic E-state index is 12.2. The van der Waals surface area contributed by atoms with Gasteiger partial charge in [-0.2, -0.15) is 17.0 Å². The summed E-state index contributed by atoms with van der Waals surface area (Å²) in [6, 6.07) is 7.85. The van der Waals surface area contributed by atoms with E-state index in [9.17, 15) is 8.42 Å². The first-order valence-corrected chi connectivity index (χ1v) is 7.71. The molecule has 0 atom stereocenters. The lowest BCUT2D eigenvalue weighted by atomic mass is 10.1. The predicted octanol–water partition coefficient (Wildman–Crippen LogP) is 0.952. The molecule has 0 saturated carbocycles. The molecule has 0 fully saturated rings. The molecule has 0 radical (unpaired) electrons. The van der Waals surface area contributed by atoms with Crippen LogP contribution < -0.4 is 5.73 Å². The van der Waals surface area contributed by atoms with Crippen molar-refractivity contribution in [2.75, 3.05) is 27.2 Å². The van der Waals surface area contributed by atoms with Gasteiger partial charge >= 0.3 is 0 Å². The molecule has 0 aromatic heterocycles. The highest BCUT2D eigenvalue weighted by molar-refractivity contribution is 7.86. The van der Waals surface area contributed by atoms with Crippen molar-refractivity contribution < 1.29 is 8.42 Å². The lowest BCUT2D eigenvalue weighted by Crippen LogP contribution is -2.40. The molecule has 0 heterocycles. The van der Waals surface area contributed by atoms with Gasteiger partial charge in [-0.3, -0.25) is 0 Å². The Balaban J connectivity index is 2.73. The molecule has 2 N–H and O–H groups in total. The molecule has 1 rings (SSSR count). The molecule has 0 aliphatic heterocycles. The van der Waals surface area contributed by atoms with E-state index in [0.29, 0.717) is 26.1 Å². The van der Waals surface area contributed by atoms with Gasteiger partial charge in [0.1, 0.15) is 0 Å². The maximum atomic E-state index is 12.2. The quantitative estimate of drug-likeness (QED) is 0.811. The Morgan fingerprint density at radius 3 is 2.47 bits per heavy atom. The van der Waals surface area contributed by atoms with Crippen molar-refractivity contribution in [1.29, 1.82) is 0 Å². The van der Waals surface area contributed by atoms with E-state index in [0.717, 1.165) is 11.1 Å². The van der Waals surface area contributed by atoms with Crippen LogP contribution >= 0.6 is 0 Å². The molecule has 0 bridgehead atoms. The molecule has 0 aliphatic rings. The van der Waals surface area contributed by atoms with Crippen molar-refractivity contribution in [2.24, 2.45) is 5.73 Å². The van der Waals surface area contributed by atoms with Crippen molar-refractivity contribution >= 4 is 10.2 Å². The van der Waals surface area contributed by atoms with Crippen LogP contribution in [0.5, 0.6) is 0 Å². The molecule has 0 saturated heterocycles. The molecular formula is C13H23N3O2S. The molecule has 1 aromatic carbocycles. The Morgan fingerprint density at radius 2 is 1.89 bits per heavy atom. The Hall–Kier alpha value is -0.950. The average Bonchev–Trinajstić information content (AvgIpc) is 2.35. The van der Waals surface area contributed by atoms with Crippen LogP contribution in [-0.2, 0) is 16.8 Å². The third-order valence-electron chi connectivity index (χ3n) is 2.95. The maximum Gasteiger partial charge on any atom is 0.281 e. The second-order valence-electron chi connectivity index (χ2n) is 4.72. The van der Waals surface area contributed by atoms with Crippen LogP contribution in [0.2, 0.25) is 0 Å². The third kappa shape index (κ3) is 4.58. The van der Waals surface area contributed by atoms with Crippen LogP contribution in [0.4, 0.5) is 0 Å². The highest BCUT2D eigenvalue weighted by atomic mass is 32.2. The van der Waals surface area contributed by atoms with E-state index in [1.807, 2.05) is 31.2 Å². The molecule has 1 aromatic rings. The number of rotatable bonds is 7. The van der Waals surface area contributed by atoms with Gasteiger partial charge in [-0.05, 0) is 25.5 Å². The van der Waals surface area contributed by atoms with E-state index in [4.69, 9.17) is 5.73 Å². The average molecular weight is 285 g/mol. The summed E-state index contributed by atoms with van der Waals surface area (Å²) in [4.78, 5) is 0. The first kappa shape index (κ1) is 16.1. The minimum absolute atomic E-state index is 0.372. The molecule has 6 heteroatoms. The summed E-state index contributed by atoms with van der Waals surface area (Å²) >= 11 is 0. The summed E-state index contributed by atoms with van der Waals surface area (Å²) in [6.07, 6.45) is 0.661. The third-order valence-corrected chi connectivity index (χ3v) is 4.84. The van der Waals surface area contributed by atoms with Gasteiger partial charge in [-0.1, -0.05) is 29.8 Å². The van der Waals surface area contributed by atoms with Crippen LogP contribution in [0.25, 0.3) is 0 Å². The normalized spacial score (nSPS) is 12.3. The second kappa shape index (κ2) is 7.00. The number of nitrogens with two attached hydrogens (primary N) is 1. The Kier molecular flexibility index (Phi) is 5.93. The molecule has 5 nitrogen and oxygen atoms in total. The van der Waals surface area contributed by atoms with Gasteiger partial charge in [0.2, 0.25) is 0 Å². The van der Waals surface area contributed by atoms with Gasteiger partial charge in [0.25, 0.3) is 10.2 Å². The van der Waals surface area contributed by atoms with Crippen LogP contribution in [0.1, 0.15) is 17.5 Å². The zero-order valence-corrected chi connectivity index (χ0v) is 12.7. The van der Waals surface area contributed by atoms with Crippen LogP contribution in [0.15, 0.2) is 24.3 Å². The minimum atomic E-state index is -3.41. The van der Waals surface area contributed by atoms with E-state index in [1.54, 1.807) is 14.1 Å². The number of aryl methyl sites for hydroxylation is 1.